The van der Waals surface area contributed by atoms with Crippen molar-refractivity contribution in [2.75, 3.05) is 38.5 Å². The summed E-state index contributed by atoms with van der Waals surface area (Å²) in [4.78, 5) is 5.98. The van der Waals surface area contributed by atoms with E-state index in [4.69, 9.17) is 4.74 Å². The number of nitrogens with zero attached hydrogens (tertiary/aromatic N) is 2. The molecule has 2 rings (SSSR count). The zero-order valence-electron chi connectivity index (χ0n) is 17.8. The third kappa shape index (κ3) is 9.50. The molecule has 0 amide bonds. The van der Waals surface area contributed by atoms with Crippen LogP contribution in [0.2, 0.25) is 0 Å². The number of morpholine rings is 1. The molecule has 3 atom stereocenters. The van der Waals surface area contributed by atoms with Gasteiger partial charge in [-0.15, -0.1) is 35.3 Å². The number of sulfonamides is 1. The second-order valence-electron chi connectivity index (χ2n) is 7.43. The largest absolute Gasteiger partial charge is 0.373 e. The van der Waals surface area contributed by atoms with Gasteiger partial charge < -0.3 is 15.4 Å². The Bertz CT molecular complexity index is 703. The molecule has 2 heterocycles. The average molecular weight is 559 g/mol. The van der Waals surface area contributed by atoms with E-state index in [1.807, 2.05) is 20.8 Å². The van der Waals surface area contributed by atoms with E-state index in [2.05, 4.69) is 40.1 Å². The van der Waals surface area contributed by atoms with Gasteiger partial charge in [-0.1, -0.05) is 13.0 Å². The Morgan fingerprint density at radius 1 is 1.34 bits per heavy atom. The van der Waals surface area contributed by atoms with Crippen molar-refractivity contribution in [3.05, 3.63) is 22.4 Å². The summed E-state index contributed by atoms with van der Waals surface area (Å²) in [7, 11) is -3.32. The summed E-state index contributed by atoms with van der Waals surface area (Å²) in [6, 6.07) is 4.21. The Hall–Kier alpha value is -0.430. The number of hydrogen-bond donors (Lipinski definition) is 2. The predicted molar refractivity (Wildman–Crippen MR) is 132 cm³/mol. The van der Waals surface area contributed by atoms with Crippen LogP contribution in [0.5, 0.6) is 0 Å². The molecule has 168 valence electrons. The van der Waals surface area contributed by atoms with Gasteiger partial charge in [0.2, 0.25) is 10.0 Å². The molecule has 1 fully saturated rings. The summed E-state index contributed by atoms with van der Waals surface area (Å²) in [6.45, 7) is 10.6. The number of ether oxygens (including phenoxy) is 1. The van der Waals surface area contributed by atoms with Gasteiger partial charge in [0.25, 0.3) is 0 Å². The number of guanidine groups is 1. The summed E-state index contributed by atoms with van der Waals surface area (Å²) in [6.07, 6.45) is 0.855. The first-order chi connectivity index (χ1) is 13.3. The molecule has 29 heavy (non-hydrogen) atoms. The molecular weight excluding hydrogens is 523 g/mol. The van der Waals surface area contributed by atoms with E-state index < -0.39 is 10.0 Å². The highest BCUT2D eigenvalue weighted by atomic mass is 127. The molecule has 1 aliphatic rings. The SMILES string of the molecule is CCNC(=NCC(C)Cc1cccs1)NCCS(=O)(=O)N1CC(C)OC(C)C1.I. The first kappa shape index (κ1) is 26.6. The van der Waals surface area contributed by atoms with Gasteiger partial charge in [0, 0.05) is 37.6 Å². The molecule has 0 saturated carbocycles. The summed E-state index contributed by atoms with van der Waals surface area (Å²) in [5, 5.41) is 8.44. The van der Waals surface area contributed by atoms with Crippen molar-refractivity contribution in [3.63, 3.8) is 0 Å². The van der Waals surface area contributed by atoms with Gasteiger partial charge in [-0.3, -0.25) is 4.99 Å². The molecule has 1 aromatic heterocycles. The summed E-state index contributed by atoms with van der Waals surface area (Å²) in [5.41, 5.74) is 0. The topological polar surface area (TPSA) is 83.0 Å². The lowest BCUT2D eigenvalue weighted by Crippen LogP contribution is -2.50. The summed E-state index contributed by atoms with van der Waals surface area (Å²) >= 11 is 1.77. The smallest absolute Gasteiger partial charge is 0.216 e. The molecular formula is C19H35IN4O3S2. The molecule has 7 nitrogen and oxygen atoms in total. The minimum atomic E-state index is -3.32. The van der Waals surface area contributed by atoms with Gasteiger partial charge in [-0.25, -0.2) is 8.42 Å². The number of aliphatic imine (C=N–C) groups is 1. The first-order valence-electron chi connectivity index (χ1n) is 9.98. The van der Waals surface area contributed by atoms with Crippen LogP contribution in [-0.2, 0) is 21.2 Å². The van der Waals surface area contributed by atoms with Crippen molar-refractivity contribution in [2.24, 2.45) is 10.9 Å². The molecule has 2 N–H and O–H groups in total. The zero-order chi connectivity index (χ0) is 20.6. The molecule has 0 spiro atoms. The number of nitrogens with one attached hydrogen (secondary N) is 2. The molecule has 1 aliphatic heterocycles. The van der Waals surface area contributed by atoms with Gasteiger partial charge in [-0.05, 0) is 44.6 Å². The van der Waals surface area contributed by atoms with Crippen molar-refractivity contribution in [1.82, 2.24) is 14.9 Å². The van der Waals surface area contributed by atoms with E-state index in [0.717, 1.165) is 13.0 Å². The number of rotatable bonds is 9. The highest BCUT2D eigenvalue weighted by Crippen LogP contribution is 2.15. The van der Waals surface area contributed by atoms with Gasteiger partial charge in [0.05, 0.1) is 18.0 Å². The zero-order valence-corrected chi connectivity index (χ0v) is 21.7. The van der Waals surface area contributed by atoms with Crippen LogP contribution in [0.1, 0.15) is 32.6 Å². The Kier molecular flexibility index (Phi) is 12.0. The molecule has 1 saturated heterocycles. The van der Waals surface area contributed by atoms with Crippen molar-refractivity contribution < 1.29 is 13.2 Å². The summed E-state index contributed by atoms with van der Waals surface area (Å²) < 4.78 is 32.4. The molecule has 3 unspecified atom stereocenters. The molecule has 10 heteroatoms. The van der Waals surface area contributed by atoms with E-state index in [-0.39, 0.29) is 41.9 Å². The second-order valence-corrected chi connectivity index (χ2v) is 10.5. The Morgan fingerprint density at radius 2 is 2.03 bits per heavy atom. The third-order valence-electron chi connectivity index (χ3n) is 4.47. The normalized spacial score (nSPS) is 22.0. The lowest BCUT2D eigenvalue weighted by molar-refractivity contribution is -0.0440. The van der Waals surface area contributed by atoms with E-state index >= 15 is 0 Å². The highest BCUT2D eigenvalue weighted by molar-refractivity contribution is 14.0. The van der Waals surface area contributed by atoms with Gasteiger partial charge in [0.15, 0.2) is 5.96 Å². The molecule has 0 aliphatic carbocycles. The minimum absolute atomic E-state index is 0. The maximum absolute atomic E-state index is 12.6. The van der Waals surface area contributed by atoms with Gasteiger partial charge in [0.1, 0.15) is 0 Å². The molecule has 1 aromatic rings. The van der Waals surface area contributed by atoms with Crippen molar-refractivity contribution in [1.29, 1.82) is 0 Å². The molecule has 0 radical (unpaired) electrons. The fourth-order valence-corrected chi connectivity index (χ4v) is 5.57. The van der Waals surface area contributed by atoms with Crippen LogP contribution >= 0.6 is 35.3 Å². The first-order valence-corrected chi connectivity index (χ1v) is 12.5. The predicted octanol–water partition coefficient (Wildman–Crippen LogP) is 2.54. The molecule has 0 bridgehead atoms. The van der Waals surface area contributed by atoms with Crippen LogP contribution in [0.3, 0.4) is 0 Å². The van der Waals surface area contributed by atoms with E-state index in [9.17, 15) is 8.42 Å². The average Bonchev–Trinajstić information content (AvgIpc) is 3.11. The highest BCUT2D eigenvalue weighted by Gasteiger charge is 2.30. The lowest BCUT2D eigenvalue weighted by atomic mass is 10.1. The lowest BCUT2D eigenvalue weighted by Gasteiger charge is -2.34. The maximum atomic E-state index is 12.6. The number of thiophene rings is 1. The van der Waals surface area contributed by atoms with Crippen LogP contribution in [0.25, 0.3) is 0 Å². The fraction of sp³-hybridized carbons (Fsp3) is 0.737. The van der Waals surface area contributed by atoms with E-state index in [0.29, 0.717) is 38.1 Å². The van der Waals surface area contributed by atoms with Gasteiger partial charge in [-0.2, -0.15) is 4.31 Å². The maximum Gasteiger partial charge on any atom is 0.216 e. The Balaban J connectivity index is 0.00000420. The summed E-state index contributed by atoms with van der Waals surface area (Å²) in [5.74, 6) is 1.13. The Labute approximate surface area is 196 Å². The molecule has 0 aromatic carbocycles. The number of hydrogen-bond acceptors (Lipinski definition) is 5. The van der Waals surface area contributed by atoms with Crippen molar-refractivity contribution >= 4 is 51.3 Å². The van der Waals surface area contributed by atoms with Crippen molar-refractivity contribution in [2.45, 2.75) is 46.3 Å². The number of halogens is 1. The fourth-order valence-electron chi connectivity index (χ4n) is 3.21. The van der Waals surface area contributed by atoms with E-state index in [1.54, 1.807) is 15.6 Å². The minimum Gasteiger partial charge on any atom is -0.373 e. The van der Waals surface area contributed by atoms with Crippen LogP contribution in [0.4, 0.5) is 0 Å². The van der Waals surface area contributed by atoms with E-state index in [1.165, 1.54) is 4.88 Å². The standard InChI is InChI=1S/C19H34N4O3S2.HI/c1-5-20-19(22-12-15(2)11-18-7-6-9-27-18)21-8-10-28(24,25)23-13-16(3)26-17(4)14-23;/h6-7,9,15-17H,5,8,10-14H2,1-4H3,(H2,20,21,22);1H. The van der Waals surface area contributed by atoms with Crippen LogP contribution in [-0.4, -0.2) is 69.4 Å². The quantitative estimate of drug-likeness (QED) is 0.277. The van der Waals surface area contributed by atoms with Crippen LogP contribution in [0, 0.1) is 5.92 Å². The van der Waals surface area contributed by atoms with Crippen LogP contribution < -0.4 is 10.6 Å². The van der Waals surface area contributed by atoms with Gasteiger partial charge >= 0.3 is 0 Å². The third-order valence-corrected chi connectivity index (χ3v) is 7.17. The Morgan fingerprint density at radius 3 is 2.62 bits per heavy atom. The second kappa shape index (κ2) is 13.1. The monoisotopic (exact) mass is 558 g/mol. The van der Waals surface area contributed by atoms with Crippen molar-refractivity contribution in [3.8, 4) is 0 Å². The van der Waals surface area contributed by atoms with Crippen LogP contribution in [0.15, 0.2) is 22.5 Å².